The Balaban J connectivity index is -0.000000499. The van der Waals surface area contributed by atoms with Crippen molar-refractivity contribution in [1.82, 2.24) is 0 Å². The Hall–Kier alpha value is -1.33. The molecule has 0 spiro atoms. The molecule has 0 amide bonds. The van der Waals surface area contributed by atoms with Crippen molar-refractivity contribution < 1.29 is 23.0 Å². The van der Waals surface area contributed by atoms with Crippen LogP contribution in [0.2, 0.25) is 0 Å². The number of aliphatic hydroxyl groups excluding tert-OH is 1. The van der Waals surface area contributed by atoms with Gasteiger partial charge in [-0.25, -0.2) is 0 Å². The van der Waals surface area contributed by atoms with Crippen LogP contribution in [0.15, 0.2) is 47.1 Å². The van der Waals surface area contributed by atoms with Crippen molar-refractivity contribution in [2.75, 3.05) is 13.2 Å². The summed E-state index contributed by atoms with van der Waals surface area (Å²) in [5, 5.41) is 8.74. The van der Waals surface area contributed by atoms with E-state index in [0.717, 1.165) is 30.6 Å². The first-order chi connectivity index (χ1) is 17.4. The van der Waals surface area contributed by atoms with E-state index in [1.54, 1.807) is 6.92 Å². The lowest BCUT2D eigenvalue weighted by atomic mass is 9.97. The zero-order chi connectivity index (χ0) is 29.3. The number of ether oxygens (including phenoxy) is 1. The Kier molecular flexibility index (Phi) is 28.5. The predicted octanol–water partition coefficient (Wildman–Crippen LogP) is 10.9. The first-order valence-corrected chi connectivity index (χ1v) is 14.3. The van der Waals surface area contributed by atoms with E-state index in [-0.39, 0.29) is 19.1 Å². The highest BCUT2D eigenvalue weighted by Gasteiger charge is 2.32. The maximum Gasteiger partial charge on any atom is 0.412 e. The molecule has 2 nitrogen and oxygen atoms in total. The van der Waals surface area contributed by atoms with Crippen molar-refractivity contribution in [3.8, 4) is 0 Å². The van der Waals surface area contributed by atoms with E-state index < -0.39 is 11.7 Å². The topological polar surface area (TPSA) is 29.5 Å². The second-order valence-electron chi connectivity index (χ2n) is 9.83. The minimum atomic E-state index is -4.22. The first kappa shape index (κ1) is 40.2. The van der Waals surface area contributed by atoms with Gasteiger partial charge in [0.25, 0.3) is 0 Å². The van der Waals surface area contributed by atoms with Crippen LogP contribution >= 0.6 is 0 Å². The van der Waals surface area contributed by atoms with E-state index in [9.17, 15) is 13.2 Å². The maximum absolute atomic E-state index is 12.8. The van der Waals surface area contributed by atoms with E-state index in [4.69, 9.17) is 9.84 Å². The molecule has 0 aromatic rings. The smallest absolute Gasteiger partial charge is 0.394 e. The molecular formula is C32H59F3O2. The van der Waals surface area contributed by atoms with E-state index in [1.807, 2.05) is 32.9 Å². The van der Waals surface area contributed by atoms with Gasteiger partial charge in [-0.3, -0.25) is 0 Å². The molecule has 2 unspecified atom stereocenters. The monoisotopic (exact) mass is 532 g/mol. The molecule has 1 aliphatic heterocycles. The molecule has 1 heterocycles. The molecule has 0 radical (unpaired) electrons. The second kappa shape index (κ2) is 26.3. The fourth-order valence-corrected chi connectivity index (χ4v) is 3.31. The third-order valence-electron chi connectivity index (χ3n) is 5.81. The largest absolute Gasteiger partial charge is 0.412 e. The van der Waals surface area contributed by atoms with Crippen molar-refractivity contribution in [2.45, 2.75) is 139 Å². The molecule has 1 aliphatic rings. The van der Waals surface area contributed by atoms with Crippen molar-refractivity contribution in [2.24, 2.45) is 5.92 Å². The number of hydrogen-bond donors (Lipinski definition) is 1. The van der Waals surface area contributed by atoms with E-state index in [2.05, 4.69) is 41.2 Å². The van der Waals surface area contributed by atoms with Gasteiger partial charge < -0.3 is 9.84 Å². The number of aliphatic hydroxyl groups is 1. The first-order valence-electron chi connectivity index (χ1n) is 14.3. The third kappa shape index (κ3) is 26.1. The lowest BCUT2D eigenvalue weighted by Crippen LogP contribution is -2.30. The molecule has 0 aromatic heterocycles. The average molecular weight is 533 g/mol. The summed E-state index contributed by atoms with van der Waals surface area (Å²) in [6.45, 7) is 23.0. The highest BCUT2D eigenvalue weighted by atomic mass is 19.4. The standard InChI is InChI=1S/C15H23F3.C7H14O2.C6H12.C4H10/c1-5-8-13(10-12(4)7-3)11-14(9-6-2)15(16,17)18;1-6-3-2-4-9-7(6)5-8;1-4-5-6(2)3;1-3-4-2/h7-8,11H,5-6,9-10H2,1-4H3;6-8H,2-5H2,1H3;2,4-5H2,1,3H3;3-4H2,1-2H3/b12-7+,13-8+,14-11+;;;. The third-order valence-corrected chi connectivity index (χ3v) is 5.81. The SMILES string of the molecule is C/C=C(\C)CC(=C\CC)/C=C(\CCC)C(F)(F)F.C=C(C)CCC.CC1CCCOC1CO.CCCC. The lowest BCUT2D eigenvalue weighted by molar-refractivity contribution is -0.0941. The Morgan fingerprint density at radius 2 is 1.57 bits per heavy atom. The number of allylic oxidation sites excluding steroid dienone is 7. The molecule has 1 rings (SSSR count). The molecule has 5 heteroatoms. The van der Waals surface area contributed by atoms with Gasteiger partial charge in [-0.15, -0.1) is 6.58 Å². The summed E-state index contributed by atoms with van der Waals surface area (Å²) in [5.74, 6) is 0.545. The molecule has 1 N–H and O–H groups in total. The van der Waals surface area contributed by atoms with Crippen molar-refractivity contribution in [1.29, 1.82) is 0 Å². The lowest BCUT2D eigenvalue weighted by Gasteiger charge is -2.27. The summed E-state index contributed by atoms with van der Waals surface area (Å²) in [5.41, 5.74) is 2.71. The molecular weight excluding hydrogens is 473 g/mol. The molecule has 2 atom stereocenters. The van der Waals surface area contributed by atoms with E-state index in [1.165, 1.54) is 43.8 Å². The molecule has 0 saturated carbocycles. The average Bonchev–Trinajstić information content (AvgIpc) is 2.84. The van der Waals surface area contributed by atoms with Gasteiger partial charge in [0.05, 0.1) is 12.7 Å². The Morgan fingerprint density at radius 3 is 1.86 bits per heavy atom. The van der Waals surface area contributed by atoms with Crippen LogP contribution in [-0.4, -0.2) is 30.6 Å². The number of halogens is 3. The fourth-order valence-electron chi connectivity index (χ4n) is 3.31. The quantitative estimate of drug-likeness (QED) is 0.224. The summed E-state index contributed by atoms with van der Waals surface area (Å²) in [6.07, 6.45) is 10.4. The van der Waals surface area contributed by atoms with Gasteiger partial charge in [-0.2, -0.15) is 13.2 Å². The van der Waals surface area contributed by atoms with Crippen LogP contribution in [0.3, 0.4) is 0 Å². The van der Waals surface area contributed by atoms with Crippen LogP contribution in [-0.2, 0) is 4.74 Å². The highest BCUT2D eigenvalue weighted by molar-refractivity contribution is 5.30. The Bertz CT molecular complexity index is 628. The molecule has 0 bridgehead atoms. The normalized spacial score (nSPS) is 18.5. The summed E-state index contributed by atoms with van der Waals surface area (Å²) in [4.78, 5) is 0. The van der Waals surface area contributed by atoms with Crippen LogP contribution in [0.4, 0.5) is 13.2 Å². The summed E-state index contributed by atoms with van der Waals surface area (Å²) in [7, 11) is 0. The van der Waals surface area contributed by atoms with Gasteiger partial charge in [0.15, 0.2) is 0 Å². The van der Waals surface area contributed by atoms with Gasteiger partial charge in [0.1, 0.15) is 0 Å². The molecule has 220 valence electrons. The molecule has 37 heavy (non-hydrogen) atoms. The molecule has 0 aromatic carbocycles. The Labute approximate surface area is 228 Å². The van der Waals surface area contributed by atoms with Crippen LogP contribution in [0.25, 0.3) is 0 Å². The highest BCUT2D eigenvalue weighted by Crippen LogP contribution is 2.31. The van der Waals surface area contributed by atoms with Gasteiger partial charge >= 0.3 is 6.18 Å². The van der Waals surface area contributed by atoms with Crippen molar-refractivity contribution in [3.63, 3.8) is 0 Å². The zero-order valence-corrected chi connectivity index (χ0v) is 25.6. The van der Waals surface area contributed by atoms with Crippen LogP contribution in [0, 0.1) is 5.92 Å². The maximum atomic E-state index is 12.8. The van der Waals surface area contributed by atoms with Gasteiger partial charge in [-0.05, 0) is 70.8 Å². The number of hydrogen-bond acceptors (Lipinski definition) is 2. The van der Waals surface area contributed by atoms with Crippen molar-refractivity contribution >= 4 is 0 Å². The number of alkyl halides is 3. The molecule has 1 saturated heterocycles. The fraction of sp³-hybridized carbons (Fsp3) is 0.750. The van der Waals surface area contributed by atoms with Gasteiger partial charge in [0, 0.05) is 12.2 Å². The van der Waals surface area contributed by atoms with Crippen LogP contribution in [0.5, 0.6) is 0 Å². The summed E-state index contributed by atoms with van der Waals surface area (Å²) < 4.78 is 43.7. The minimum absolute atomic E-state index is 0.0828. The molecule has 1 fully saturated rings. The number of unbranched alkanes of at least 4 members (excludes halogenated alkanes) is 1. The van der Waals surface area contributed by atoms with E-state index >= 15 is 0 Å². The molecule has 0 aliphatic carbocycles. The summed E-state index contributed by atoms with van der Waals surface area (Å²) >= 11 is 0. The van der Waals surface area contributed by atoms with Gasteiger partial charge in [-0.1, -0.05) is 96.6 Å². The zero-order valence-electron chi connectivity index (χ0n) is 25.6. The van der Waals surface area contributed by atoms with Gasteiger partial charge in [0.2, 0.25) is 0 Å². The Morgan fingerprint density at radius 1 is 1.00 bits per heavy atom. The van der Waals surface area contributed by atoms with E-state index in [0.29, 0.717) is 18.8 Å². The predicted molar refractivity (Wildman–Crippen MR) is 157 cm³/mol. The van der Waals surface area contributed by atoms with Crippen molar-refractivity contribution in [3.05, 3.63) is 47.1 Å². The summed E-state index contributed by atoms with van der Waals surface area (Å²) in [6, 6.07) is 0. The second-order valence-corrected chi connectivity index (χ2v) is 9.83. The van der Waals surface area contributed by atoms with Crippen LogP contribution < -0.4 is 0 Å². The minimum Gasteiger partial charge on any atom is -0.394 e. The van der Waals surface area contributed by atoms with Crippen LogP contribution in [0.1, 0.15) is 127 Å². The number of rotatable bonds is 10.